The zero-order chi connectivity index (χ0) is 13.3. The normalized spacial score (nSPS) is 23.2. The van der Waals surface area contributed by atoms with Gasteiger partial charge in [-0.25, -0.2) is 0 Å². The molecule has 1 N–H and O–H groups in total. The lowest BCUT2D eigenvalue weighted by atomic mass is 9.79. The largest absolute Gasteiger partial charge is 0.371 e. The molecule has 1 aliphatic rings. The van der Waals surface area contributed by atoms with E-state index in [2.05, 4.69) is 63.2 Å². The number of hydrogen-bond donors (Lipinski definition) is 1. The molecule has 2 heteroatoms. The van der Waals surface area contributed by atoms with Crippen LogP contribution in [-0.4, -0.2) is 26.2 Å². The second kappa shape index (κ2) is 4.93. The Labute approximate surface area is 111 Å². The van der Waals surface area contributed by atoms with Gasteiger partial charge in [0.1, 0.15) is 0 Å². The number of benzene rings is 1. The van der Waals surface area contributed by atoms with E-state index in [1.54, 1.807) is 0 Å². The van der Waals surface area contributed by atoms with Gasteiger partial charge in [0.15, 0.2) is 0 Å². The molecule has 1 unspecified atom stereocenters. The van der Waals surface area contributed by atoms with Gasteiger partial charge >= 0.3 is 0 Å². The Hall–Kier alpha value is -1.02. The SMILES string of the molecule is CNC1CCN(c2ccc(C)cc2C)CC1(C)C. The topological polar surface area (TPSA) is 15.3 Å². The number of hydrogen-bond acceptors (Lipinski definition) is 2. The van der Waals surface area contributed by atoms with Gasteiger partial charge in [0.2, 0.25) is 0 Å². The number of anilines is 1. The summed E-state index contributed by atoms with van der Waals surface area (Å²) in [7, 11) is 2.08. The number of aryl methyl sites for hydroxylation is 2. The summed E-state index contributed by atoms with van der Waals surface area (Å²) in [6.45, 7) is 11.4. The molecule has 0 radical (unpaired) electrons. The summed E-state index contributed by atoms with van der Waals surface area (Å²) in [5.41, 5.74) is 4.47. The smallest absolute Gasteiger partial charge is 0.0396 e. The molecule has 1 heterocycles. The first kappa shape index (κ1) is 13.4. The second-order valence-electron chi connectivity index (χ2n) is 6.33. The van der Waals surface area contributed by atoms with Crippen molar-refractivity contribution in [1.82, 2.24) is 5.32 Å². The fourth-order valence-electron chi connectivity index (χ4n) is 3.26. The summed E-state index contributed by atoms with van der Waals surface area (Å²) in [5, 5.41) is 3.46. The molecule has 0 aromatic heterocycles. The summed E-state index contributed by atoms with van der Waals surface area (Å²) >= 11 is 0. The first-order valence-corrected chi connectivity index (χ1v) is 6.93. The molecule has 1 aromatic rings. The molecule has 1 fully saturated rings. The number of nitrogens with one attached hydrogen (secondary N) is 1. The molecule has 0 saturated carbocycles. The zero-order valence-electron chi connectivity index (χ0n) is 12.4. The number of piperidine rings is 1. The molecule has 2 rings (SSSR count). The van der Waals surface area contributed by atoms with E-state index in [1.165, 1.54) is 23.2 Å². The predicted molar refractivity (Wildman–Crippen MR) is 79.4 cm³/mol. The average Bonchev–Trinajstić information content (AvgIpc) is 2.27. The van der Waals surface area contributed by atoms with Crippen molar-refractivity contribution in [3.8, 4) is 0 Å². The van der Waals surface area contributed by atoms with E-state index >= 15 is 0 Å². The highest BCUT2D eigenvalue weighted by atomic mass is 15.2. The lowest BCUT2D eigenvalue weighted by Gasteiger charge is -2.45. The number of rotatable bonds is 2. The van der Waals surface area contributed by atoms with Gasteiger partial charge < -0.3 is 10.2 Å². The van der Waals surface area contributed by atoms with Crippen molar-refractivity contribution >= 4 is 5.69 Å². The van der Waals surface area contributed by atoms with Crippen LogP contribution in [0.5, 0.6) is 0 Å². The maximum Gasteiger partial charge on any atom is 0.0396 e. The summed E-state index contributed by atoms with van der Waals surface area (Å²) in [4.78, 5) is 2.54. The van der Waals surface area contributed by atoms with Gasteiger partial charge in [-0.1, -0.05) is 31.5 Å². The van der Waals surface area contributed by atoms with Crippen molar-refractivity contribution in [2.45, 2.75) is 40.2 Å². The van der Waals surface area contributed by atoms with Crippen molar-refractivity contribution in [2.24, 2.45) is 5.41 Å². The molecule has 2 nitrogen and oxygen atoms in total. The Morgan fingerprint density at radius 2 is 2.00 bits per heavy atom. The molecule has 100 valence electrons. The van der Waals surface area contributed by atoms with E-state index in [4.69, 9.17) is 0 Å². The molecule has 0 bridgehead atoms. The molecule has 1 saturated heterocycles. The van der Waals surface area contributed by atoms with Gasteiger partial charge in [-0.3, -0.25) is 0 Å². The van der Waals surface area contributed by atoms with Crippen LogP contribution in [-0.2, 0) is 0 Å². The molecule has 0 aliphatic carbocycles. The van der Waals surface area contributed by atoms with Crippen LogP contribution in [0.15, 0.2) is 18.2 Å². The van der Waals surface area contributed by atoms with Crippen LogP contribution in [0, 0.1) is 19.3 Å². The van der Waals surface area contributed by atoms with Gasteiger partial charge in [0, 0.05) is 24.8 Å². The van der Waals surface area contributed by atoms with Crippen molar-refractivity contribution in [3.63, 3.8) is 0 Å². The third-order valence-electron chi connectivity index (χ3n) is 4.27. The molecule has 0 amide bonds. The molecule has 1 aromatic carbocycles. The van der Waals surface area contributed by atoms with Crippen LogP contribution in [0.25, 0.3) is 0 Å². The van der Waals surface area contributed by atoms with Crippen LogP contribution in [0.1, 0.15) is 31.4 Å². The lowest BCUT2D eigenvalue weighted by molar-refractivity contribution is 0.215. The van der Waals surface area contributed by atoms with Crippen LogP contribution in [0.3, 0.4) is 0 Å². The highest BCUT2D eigenvalue weighted by molar-refractivity contribution is 5.55. The van der Waals surface area contributed by atoms with Crippen molar-refractivity contribution in [1.29, 1.82) is 0 Å². The fraction of sp³-hybridized carbons (Fsp3) is 0.625. The Morgan fingerprint density at radius 3 is 2.56 bits per heavy atom. The number of nitrogens with zero attached hydrogens (tertiary/aromatic N) is 1. The van der Waals surface area contributed by atoms with E-state index < -0.39 is 0 Å². The third kappa shape index (κ3) is 2.54. The molecule has 18 heavy (non-hydrogen) atoms. The van der Waals surface area contributed by atoms with Gasteiger partial charge in [-0.05, 0) is 44.4 Å². The minimum Gasteiger partial charge on any atom is -0.371 e. The van der Waals surface area contributed by atoms with Crippen molar-refractivity contribution in [3.05, 3.63) is 29.3 Å². The Kier molecular flexibility index (Phi) is 3.67. The molecule has 1 aliphatic heterocycles. The van der Waals surface area contributed by atoms with Gasteiger partial charge in [-0.15, -0.1) is 0 Å². The van der Waals surface area contributed by atoms with Crippen LogP contribution < -0.4 is 10.2 Å². The maximum absolute atomic E-state index is 3.46. The molecule has 1 atom stereocenters. The van der Waals surface area contributed by atoms with E-state index in [9.17, 15) is 0 Å². The first-order chi connectivity index (χ1) is 8.44. The predicted octanol–water partition coefficient (Wildman–Crippen LogP) is 3.13. The monoisotopic (exact) mass is 246 g/mol. The van der Waals surface area contributed by atoms with Gasteiger partial charge in [-0.2, -0.15) is 0 Å². The van der Waals surface area contributed by atoms with Crippen LogP contribution in [0.4, 0.5) is 5.69 Å². The van der Waals surface area contributed by atoms with Crippen LogP contribution in [0.2, 0.25) is 0 Å². The third-order valence-corrected chi connectivity index (χ3v) is 4.27. The molecular weight excluding hydrogens is 220 g/mol. The van der Waals surface area contributed by atoms with E-state index in [1.807, 2.05) is 0 Å². The van der Waals surface area contributed by atoms with Crippen molar-refractivity contribution < 1.29 is 0 Å². The fourth-order valence-corrected chi connectivity index (χ4v) is 3.26. The highest BCUT2D eigenvalue weighted by Gasteiger charge is 2.35. The first-order valence-electron chi connectivity index (χ1n) is 6.93. The quantitative estimate of drug-likeness (QED) is 0.862. The average molecular weight is 246 g/mol. The summed E-state index contributed by atoms with van der Waals surface area (Å²) in [5.74, 6) is 0. The highest BCUT2D eigenvalue weighted by Crippen LogP contribution is 2.33. The second-order valence-corrected chi connectivity index (χ2v) is 6.33. The van der Waals surface area contributed by atoms with Crippen molar-refractivity contribution in [2.75, 3.05) is 25.0 Å². The lowest BCUT2D eigenvalue weighted by Crippen LogP contribution is -2.53. The minimum atomic E-state index is 0.324. The summed E-state index contributed by atoms with van der Waals surface area (Å²) in [6, 6.07) is 7.41. The van der Waals surface area contributed by atoms with E-state index in [-0.39, 0.29) is 0 Å². The van der Waals surface area contributed by atoms with E-state index in [0.717, 1.165) is 13.1 Å². The maximum atomic E-state index is 3.46. The van der Waals surface area contributed by atoms with Gasteiger partial charge in [0.25, 0.3) is 0 Å². The minimum absolute atomic E-state index is 0.324. The zero-order valence-corrected chi connectivity index (χ0v) is 12.4. The van der Waals surface area contributed by atoms with Gasteiger partial charge in [0.05, 0.1) is 0 Å². The molecule has 0 spiro atoms. The standard InChI is InChI=1S/C16H26N2/c1-12-6-7-14(13(2)10-12)18-9-8-15(17-5)16(3,4)11-18/h6-7,10,15,17H,8-9,11H2,1-5H3. The van der Waals surface area contributed by atoms with E-state index in [0.29, 0.717) is 11.5 Å². The Balaban J connectivity index is 2.21. The summed E-state index contributed by atoms with van der Waals surface area (Å²) < 4.78 is 0. The molecular formula is C16H26N2. The Morgan fingerprint density at radius 1 is 1.28 bits per heavy atom. The summed E-state index contributed by atoms with van der Waals surface area (Å²) in [6.07, 6.45) is 1.22. The Bertz CT molecular complexity index is 423. The van der Waals surface area contributed by atoms with Crippen LogP contribution >= 0.6 is 0 Å².